The van der Waals surface area contributed by atoms with Gasteiger partial charge in [0.1, 0.15) is 6.61 Å². The van der Waals surface area contributed by atoms with Gasteiger partial charge in [0, 0.05) is 5.92 Å². The minimum absolute atomic E-state index is 0.0312. The zero-order valence-electron chi connectivity index (χ0n) is 23.1. The topological polar surface area (TPSA) is 78.8 Å². The van der Waals surface area contributed by atoms with Crippen LogP contribution in [0.2, 0.25) is 0 Å². The molecule has 0 saturated carbocycles. The first-order valence-corrected chi connectivity index (χ1v) is 14.7. The fraction of sp³-hybridized carbons (Fsp3) is 0.545. The largest absolute Gasteiger partial charge is 0.449 e. The van der Waals surface area contributed by atoms with E-state index in [2.05, 4.69) is 36.5 Å². The van der Waals surface area contributed by atoms with E-state index < -0.39 is 18.2 Å². The van der Waals surface area contributed by atoms with E-state index in [0.29, 0.717) is 0 Å². The molecule has 5 nitrogen and oxygen atoms in total. The van der Waals surface area contributed by atoms with Gasteiger partial charge in [0.15, 0.2) is 0 Å². The van der Waals surface area contributed by atoms with Crippen molar-refractivity contribution >= 4 is 6.09 Å². The highest BCUT2D eigenvalue weighted by atomic mass is 16.5. The van der Waals surface area contributed by atoms with Crippen LogP contribution in [0.3, 0.4) is 0 Å². The summed E-state index contributed by atoms with van der Waals surface area (Å²) in [5.41, 5.74) is 4.63. The van der Waals surface area contributed by atoms with E-state index in [1.807, 2.05) is 30.3 Å². The van der Waals surface area contributed by atoms with E-state index in [0.717, 1.165) is 24.0 Å². The summed E-state index contributed by atoms with van der Waals surface area (Å²) in [6.45, 7) is 2.09. The van der Waals surface area contributed by atoms with Gasteiger partial charge in [-0.3, -0.25) is 0 Å². The van der Waals surface area contributed by atoms with Gasteiger partial charge in [-0.05, 0) is 35.1 Å². The lowest BCUT2D eigenvalue weighted by atomic mass is 9.98. The van der Waals surface area contributed by atoms with Gasteiger partial charge in [0.2, 0.25) is 0 Å². The van der Waals surface area contributed by atoms with E-state index in [4.69, 9.17) is 4.74 Å². The Bertz CT molecular complexity index is 943. The highest BCUT2D eigenvalue weighted by Crippen LogP contribution is 2.44. The van der Waals surface area contributed by atoms with Crippen molar-refractivity contribution < 1.29 is 19.7 Å². The van der Waals surface area contributed by atoms with Crippen LogP contribution in [0.5, 0.6) is 0 Å². The molecule has 0 heterocycles. The van der Waals surface area contributed by atoms with Crippen LogP contribution in [0, 0.1) is 0 Å². The smallest absolute Gasteiger partial charge is 0.407 e. The lowest BCUT2D eigenvalue weighted by molar-refractivity contribution is 0.0990. The molecule has 3 rings (SSSR count). The molecule has 3 N–H and O–H groups in total. The Balaban J connectivity index is 1.32. The summed E-state index contributed by atoms with van der Waals surface area (Å²) in [4.78, 5) is 12.5. The summed E-state index contributed by atoms with van der Waals surface area (Å²) in [5.74, 6) is -0.0312. The summed E-state index contributed by atoms with van der Waals surface area (Å²) in [6.07, 6.45) is 17.2. The predicted molar refractivity (Wildman–Crippen MR) is 155 cm³/mol. The van der Waals surface area contributed by atoms with Crippen molar-refractivity contribution in [2.24, 2.45) is 0 Å². The number of nitrogens with one attached hydrogen (secondary N) is 1. The van der Waals surface area contributed by atoms with Crippen LogP contribution in [0.15, 0.2) is 60.7 Å². The Labute approximate surface area is 229 Å². The van der Waals surface area contributed by atoms with Crippen molar-refractivity contribution in [3.05, 3.63) is 71.8 Å². The number of rotatable bonds is 18. The Morgan fingerprint density at radius 2 is 1.39 bits per heavy atom. The molecule has 2 atom stereocenters. The van der Waals surface area contributed by atoms with Crippen LogP contribution in [-0.4, -0.2) is 41.7 Å². The molecule has 1 amide bonds. The number of unbranched alkanes of at least 4 members (excludes halogenated alkanes) is 11. The fourth-order valence-electron chi connectivity index (χ4n) is 5.33. The SMILES string of the molecule is CCCCCCCCCCCCC/C=C/[C@@H](O)[C@H](CO)NC(=O)OCC1c2ccccc2-c2ccccc21. The van der Waals surface area contributed by atoms with Crippen LogP contribution in [0.25, 0.3) is 11.1 Å². The van der Waals surface area contributed by atoms with E-state index in [1.54, 1.807) is 6.08 Å². The number of allylic oxidation sites excluding steroid dienone is 1. The molecular weight excluding hydrogens is 474 g/mol. The van der Waals surface area contributed by atoms with Crippen molar-refractivity contribution in [3.8, 4) is 11.1 Å². The third-order valence-corrected chi connectivity index (χ3v) is 7.56. The highest BCUT2D eigenvalue weighted by molar-refractivity contribution is 5.79. The van der Waals surface area contributed by atoms with Gasteiger partial charge in [-0.1, -0.05) is 132 Å². The summed E-state index contributed by atoms with van der Waals surface area (Å²) < 4.78 is 5.55. The Kier molecular flexibility index (Phi) is 13.4. The van der Waals surface area contributed by atoms with Crippen LogP contribution in [-0.2, 0) is 4.74 Å². The number of alkyl carbamates (subject to hydrolysis) is 1. The highest BCUT2D eigenvalue weighted by Gasteiger charge is 2.29. The molecule has 0 aliphatic heterocycles. The molecule has 208 valence electrons. The number of ether oxygens (including phenoxy) is 1. The lowest BCUT2D eigenvalue weighted by Crippen LogP contribution is -2.45. The van der Waals surface area contributed by atoms with Gasteiger partial charge >= 0.3 is 6.09 Å². The summed E-state index contributed by atoms with van der Waals surface area (Å²) in [6, 6.07) is 15.6. The van der Waals surface area contributed by atoms with Crippen LogP contribution in [0.1, 0.15) is 101 Å². The first-order valence-electron chi connectivity index (χ1n) is 14.7. The average Bonchev–Trinajstić information content (AvgIpc) is 3.26. The number of hydrogen-bond acceptors (Lipinski definition) is 4. The van der Waals surface area contributed by atoms with Crippen LogP contribution < -0.4 is 5.32 Å². The van der Waals surface area contributed by atoms with Gasteiger partial charge in [-0.25, -0.2) is 4.79 Å². The Hall–Kier alpha value is -2.63. The first-order chi connectivity index (χ1) is 18.7. The maximum Gasteiger partial charge on any atom is 0.407 e. The number of aliphatic hydroxyl groups is 2. The number of aliphatic hydroxyl groups excluding tert-OH is 2. The zero-order valence-corrected chi connectivity index (χ0v) is 23.1. The number of fused-ring (bicyclic) bond motifs is 3. The second-order valence-corrected chi connectivity index (χ2v) is 10.5. The van der Waals surface area contributed by atoms with Gasteiger partial charge < -0.3 is 20.3 Å². The van der Waals surface area contributed by atoms with Crippen molar-refractivity contribution in [2.45, 2.75) is 102 Å². The van der Waals surface area contributed by atoms with Crippen molar-refractivity contribution in [3.63, 3.8) is 0 Å². The molecule has 1 aliphatic rings. The molecule has 0 aromatic heterocycles. The molecule has 0 spiro atoms. The van der Waals surface area contributed by atoms with Gasteiger partial charge in [0.05, 0.1) is 18.8 Å². The van der Waals surface area contributed by atoms with E-state index in [-0.39, 0.29) is 19.1 Å². The molecule has 2 aromatic rings. The van der Waals surface area contributed by atoms with E-state index in [9.17, 15) is 15.0 Å². The molecule has 0 fully saturated rings. The Morgan fingerprint density at radius 3 is 1.95 bits per heavy atom. The van der Waals surface area contributed by atoms with Crippen molar-refractivity contribution in [1.82, 2.24) is 5.32 Å². The minimum Gasteiger partial charge on any atom is -0.449 e. The molecular formula is C33H47NO4. The van der Waals surface area contributed by atoms with Gasteiger partial charge in [-0.15, -0.1) is 0 Å². The standard InChI is InChI=1S/C33H47NO4/c1-2-3-4-5-6-7-8-9-10-11-12-13-14-23-32(36)31(24-35)34-33(37)38-25-30-28-21-17-15-19-26(28)27-20-16-18-22-29(27)30/h14-23,30-32,35-36H,2-13,24-25H2,1H3,(H,34,37)/b23-14+/t31-,32+/m0/s1. The third kappa shape index (κ3) is 9.28. The quantitative estimate of drug-likeness (QED) is 0.140. The third-order valence-electron chi connectivity index (χ3n) is 7.56. The van der Waals surface area contributed by atoms with E-state index in [1.165, 1.54) is 75.3 Å². The second kappa shape index (κ2) is 17.1. The first kappa shape index (κ1) is 29.9. The molecule has 5 heteroatoms. The zero-order chi connectivity index (χ0) is 27.0. The number of amides is 1. The fourth-order valence-corrected chi connectivity index (χ4v) is 5.33. The number of hydrogen-bond donors (Lipinski definition) is 3. The molecule has 1 aliphatic carbocycles. The maximum absolute atomic E-state index is 12.5. The normalized spacial score (nSPS) is 14.3. The van der Waals surface area contributed by atoms with Gasteiger partial charge in [0.25, 0.3) is 0 Å². The predicted octanol–water partition coefficient (Wildman–Crippen LogP) is 7.50. The second-order valence-electron chi connectivity index (χ2n) is 10.5. The van der Waals surface area contributed by atoms with Gasteiger partial charge in [-0.2, -0.15) is 0 Å². The lowest BCUT2D eigenvalue weighted by Gasteiger charge is -2.21. The summed E-state index contributed by atoms with van der Waals surface area (Å²) >= 11 is 0. The molecule has 0 unspecified atom stereocenters. The van der Waals surface area contributed by atoms with Crippen LogP contribution >= 0.6 is 0 Å². The molecule has 0 saturated heterocycles. The summed E-state index contributed by atoms with van der Waals surface area (Å²) in [5, 5.41) is 22.8. The minimum atomic E-state index is -0.965. The monoisotopic (exact) mass is 521 g/mol. The van der Waals surface area contributed by atoms with Crippen molar-refractivity contribution in [2.75, 3.05) is 13.2 Å². The number of benzene rings is 2. The average molecular weight is 522 g/mol. The molecule has 38 heavy (non-hydrogen) atoms. The van der Waals surface area contributed by atoms with Crippen molar-refractivity contribution in [1.29, 1.82) is 0 Å². The maximum atomic E-state index is 12.5. The molecule has 2 aromatic carbocycles. The number of carbonyl (C=O) groups is 1. The Morgan fingerprint density at radius 1 is 0.868 bits per heavy atom. The summed E-state index contributed by atoms with van der Waals surface area (Å²) in [7, 11) is 0. The molecule has 0 bridgehead atoms. The van der Waals surface area contributed by atoms with Crippen LogP contribution in [0.4, 0.5) is 4.79 Å². The molecule has 0 radical (unpaired) electrons. The number of carbonyl (C=O) groups excluding carboxylic acids is 1. The van der Waals surface area contributed by atoms with E-state index >= 15 is 0 Å².